The van der Waals surface area contributed by atoms with Crippen molar-refractivity contribution in [1.82, 2.24) is 4.98 Å². The number of aryl methyl sites for hydroxylation is 2. The van der Waals surface area contributed by atoms with E-state index in [4.69, 9.17) is 18.6 Å². The fourth-order valence-electron chi connectivity index (χ4n) is 3.85. The van der Waals surface area contributed by atoms with E-state index in [1.807, 2.05) is 38.1 Å². The van der Waals surface area contributed by atoms with Gasteiger partial charge in [0.15, 0.2) is 5.58 Å². The van der Waals surface area contributed by atoms with E-state index in [1.54, 1.807) is 6.07 Å². The Kier molecular flexibility index (Phi) is 7.37. The van der Waals surface area contributed by atoms with Crippen LogP contribution in [0.3, 0.4) is 0 Å². The van der Waals surface area contributed by atoms with Gasteiger partial charge in [0.1, 0.15) is 11.3 Å². The Balaban J connectivity index is 2.15. The average molecular weight is 453 g/mol. The molecule has 0 radical (unpaired) electrons. The molecular formula is C25H27NO7. The number of esters is 2. The summed E-state index contributed by atoms with van der Waals surface area (Å²) in [4.78, 5) is 38.4. The van der Waals surface area contributed by atoms with Crippen LogP contribution in [-0.4, -0.2) is 38.3 Å². The molecule has 0 amide bonds. The molecule has 3 rings (SSSR count). The summed E-state index contributed by atoms with van der Waals surface area (Å²) in [6, 6.07) is 7.40. The van der Waals surface area contributed by atoms with Crippen molar-refractivity contribution >= 4 is 28.6 Å². The Labute approximate surface area is 191 Å². The summed E-state index contributed by atoms with van der Waals surface area (Å²) >= 11 is 0. The number of fused-ring (bicyclic) bond motifs is 1. The molecule has 0 spiro atoms. The fourth-order valence-corrected chi connectivity index (χ4v) is 3.85. The van der Waals surface area contributed by atoms with E-state index >= 15 is 0 Å². The van der Waals surface area contributed by atoms with Crippen molar-refractivity contribution in [3.05, 3.63) is 68.7 Å². The molecule has 0 aliphatic carbocycles. The zero-order chi connectivity index (χ0) is 24.1. The summed E-state index contributed by atoms with van der Waals surface area (Å²) in [5.74, 6) is -0.859. The SMILES string of the molecule is COC(=O)CCC/C=C(\c1cc(C)c(OC)c(C(=O)OC)c1)c1cc(C)c2oc(=O)[nH]c2c1. The molecule has 0 aliphatic rings. The number of hydrogen-bond donors (Lipinski definition) is 1. The molecule has 8 nitrogen and oxygen atoms in total. The molecule has 174 valence electrons. The maximum atomic E-state index is 12.4. The lowest BCUT2D eigenvalue weighted by atomic mass is 9.92. The number of nitrogens with one attached hydrogen (secondary N) is 1. The second-order valence-electron chi connectivity index (χ2n) is 7.64. The van der Waals surface area contributed by atoms with Gasteiger partial charge in [-0.3, -0.25) is 9.78 Å². The number of hydrogen-bond acceptors (Lipinski definition) is 7. The summed E-state index contributed by atoms with van der Waals surface area (Å²) in [6.07, 6.45) is 3.49. The highest BCUT2D eigenvalue weighted by Crippen LogP contribution is 2.34. The van der Waals surface area contributed by atoms with Crippen LogP contribution in [0.15, 0.2) is 39.6 Å². The largest absolute Gasteiger partial charge is 0.496 e. The van der Waals surface area contributed by atoms with Gasteiger partial charge in [-0.2, -0.15) is 0 Å². The van der Waals surface area contributed by atoms with E-state index in [1.165, 1.54) is 21.3 Å². The molecule has 3 aromatic rings. The van der Waals surface area contributed by atoms with Gasteiger partial charge in [0.05, 0.1) is 26.8 Å². The van der Waals surface area contributed by atoms with Crippen molar-refractivity contribution in [2.24, 2.45) is 0 Å². The van der Waals surface area contributed by atoms with Gasteiger partial charge in [0.25, 0.3) is 0 Å². The molecule has 0 bridgehead atoms. The summed E-state index contributed by atoms with van der Waals surface area (Å²) in [7, 11) is 4.19. The minimum atomic E-state index is -0.526. The van der Waals surface area contributed by atoms with Gasteiger partial charge >= 0.3 is 17.7 Å². The van der Waals surface area contributed by atoms with Gasteiger partial charge in [0.2, 0.25) is 0 Å². The molecule has 8 heteroatoms. The van der Waals surface area contributed by atoms with Crippen molar-refractivity contribution in [1.29, 1.82) is 0 Å². The van der Waals surface area contributed by atoms with Crippen molar-refractivity contribution < 1.29 is 28.2 Å². The number of aromatic amines is 1. The van der Waals surface area contributed by atoms with Gasteiger partial charge < -0.3 is 18.6 Å². The number of allylic oxidation sites excluding steroid dienone is 1. The number of H-pyrrole nitrogens is 1. The van der Waals surface area contributed by atoms with E-state index in [-0.39, 0.29) is 5.97 Å². The summed E-state index contributed by atoms with van der Waals surface area (Å²) in [6.45, 7) is 3.71. The lowest BCUT2D eigenvalue weighted by molar-refractivity contribution is -0.140. The average Bonchev–Trinajstić information content (AvgIpc) is 3.18. The number of rotatable bonds is 8. The molecular weight excluding hydrogens is 426 g/mol. The molecule has 1 N–H and O–H groups in total. The monoisotopic (exact) mass is 453 g/mol. The maximum absolute atomic E-state index is 12.4. The predicted octanol–water partition coefficient (Wildman–Crippen LogP) is 4.31. The minimum Gasteiger partial charge on any atom is -0.496 e. The summed E-state index contributed by atoms with van der Waals surface area (Å²) < 4.78 is 20.3. The summed E-state index contributed by atoms with van der Waals surface area (Å²) in [5, 5.41) is 0. The van der Waals surface area contributed by atoms with Crippen LogP contribution >= 0.6 is 0 Å². The lowest BCUT2D eigenvalue weighted by Gasteiger charge is -2.16. The zero-order valence-electron chi connectivity index (χ0n) is 19.4. The van der Waals surface area contributed by atoms with Crippen LogP contribution < -0.4 is 10.5 Å². The van der Waals surface area contributed by atoms with Crippen LogP contribution in [0.1, 0.15) is 51.9 Å². The van der Waals surface area contributed by atoms with Gasteiger partial charge in [-0.15, -0.1) is 0 Å². The highest BCUT2D eigenvalue weighted by atomic mass is 16.5. The third kappa shape index (κ3) is 5.16. The zero-order valence-corrected chi connectivity index (χ0v) is 19.4. The number of carbonyl (C=O) groups excluding carboxylic acids is 2. The summed E-state index contributed by atoms with van der Waals surface area (Å²) in [5.41, 5.74) is 5.38. The molecule has 0 unspecified atom stereocenters. The highest BCUT2D eigenvalue weighted by Gasteiger charge is 2.19. The smallest absolute Gasteiger partial charge is 0.417 e. The molecule has 33 heavy (non-hydrogen) atoms. The Bertz CT molecular complexity index is 1280. The van der Waals surface area contributed by atoms with Crippen molar-refractivity contribution in [2.45, 2.75) is 33.1 Å². The third-order valence-electron chi connectivity index (χ3n) is 5.37. The molecule has 1 aromatic heterocycles. The minimum absolute atomic E-state index is 0.272. The van der Waals surface area contributed by atoms with Crippen LogP contribution in [0.5, 0.6) is 5.75 Å². The van der Waals surface area contributed by atoms with E-state index < -0.39 is 11.7 Å². The third-order valence-corrected chi connectivity index (χ3v) is 5.37. The van der Waals surface area contributed by atoms with Crippen LogP contribution in [0.4, 0.5) is 0 Å². The lowest BCUT2D eigenvalue weighted by Crippen LogP contribution is -2.07. The van der Waals surface area contributed by atoms with Crippen molar-refractivity contribution in [3.8, 4) is 5.75 Å². The Morgan fingerprint density at radius 2 is 1.70 bits per heavy atom. The van der Waals surface area contributed by atoms with Gasteiger partial charge in [-0.1, -0.05) is 6.08 Å². The first kappa shape index (κ1) is 23.8. The first-order valence-electron chi connectivity index (χ1n) is 10.5. The second kappa shape index (κ2) is 10.2. The van der Waals surface area contributed by atoms with Crippen LogP contribution in [-0.2, 0) is 14.3 Å². The van der Waals surface area contributed by atoms with Crippen LogP contribution in [0.25, 0.3) is 16.7 Å². The normalized spacial score (nSPS) is 11.5. The molecule has 1 heterocycles. The standard InChI is InChI=1S/C25H27NO7/c1-14-10-16(12-19(22(14)31-4)24(28)32-5)18(8-6-7-9-21(27)30-3)17-11-15(2)23-20(13-17)26-25(29)33-23/h8,10-13H,6-7,9H2,1-5H3,(H,26,29)/b18-8+. The van der Waals surface area contributed by atoms with E-state index in [0.717, 1.165) is 27.8 Å². The Hall–Kier alpha value is -3.81. The maximum Gasteiger partial charge on any atom is 0.417 e. The number of carbonyl (C=O) groups is 2. The number of aromatic nitrogens is 1. The molecule has 2 aromatic carbocycles. The van der Waals surface area contributed by atoms with Crippen LogP contribution in [0, 0.1) is 13.8 Å². The predicted molar refractivity (Wildman–Crippen MR) is 124 cm³/mol. The molecule has 0 saturated carbocycles. The number of methoxy groups -OCH3 is 3. The number of benzene rings is 2. The van der Waals surface area contributed by atoms with Gasteiger partial charge in [0, 0.05) is 6.42 Å². The quantitative estimate of drug-likeness (QED) is 0.400. The van der Waals surface area contributed by atoms with Crippen molar-refractivity contribution in [3.63, 3.8) is 0 Å². The molecule has 0 aliphatic heterocycles. The van der Waals surface area contributed by atoms with E-state index in [0.29, 0.717) is 41.7 Å². The molecule has 0 atom stereocenters. The number of oxazole rings is 1. The Morgan fingerprint density at radius 3 is 2.36 bits per heavy atom. The molecule has 0 saturated heterocycles. The topological polar surface area (TPSA) is 108 Å². The van der Waals surface area contributed by atoms with Crippen molar-refractivity contribution in [2.75, 3.05) is 21.3 Å². The molecule has 0 fully saturated rings. The number of unbranched alkanes of at least 4 members (excludes halogenated alkanes) is 1. The van der Waals surface area contributed by atoms with Crippen LogP contribution in [0.2, 0.25) is 0 Å². The fraction of sp³-hybridized carbons (Fsp3) is 0.320. The Morgan fingerprint density at radius 1 is 1.00 bits per heavy atom. The van der Waals surface area contributed by atoms with E-state index in [9.17, 15) is 14.4 Å². The van der Waals surface area contributed by atoms with Gasteiger partial charge in [-0.25, -0.2) is 9.59 Å². The highest BCUT2D eigenvalue weighted by molar-refractivity contribution is 5.96. The first-order valence-corrected chi connectivity index (χ1v) is 10.5. The van der Waals surface area contributed by atoms with E-state index in [2.05, 4.69) is 4.98 Å². The second-order valence-corrected chi connectivity index (χ2v) is 7.64. The number of ether oxygens (including phenoxy) is 3. The first-order chi connectivity index (χ1) is 15.8. The van der Waals surface area contributed by atoms with Gasteiger partial charge in [-0.05, 0) is 78.8 Å².